The largest absolute Gasteiger partial charge is 0.384 e. The fourth-order valence-corrected chi connectivity index (χ4v) is 2.27. The predicted molar refractivity (Wildman–Crippen MR) is 72.8 cm³/mol. The molecule has 0 atom stereocenters. The molecule has 9 nitrogen and oxygen atoms in total. The molecule has 0 saturated heterocycles. The second-order valence-electron chi connectivity index (χ2n) is 4.01. The van der Waals surface area contributed by atoms with Crippen molar-refractivity contribution in [3.05, 3.63) is 32.7 Å². The molecule has 0 aliphatic carbocycles. The number of ketones is 1. The summed E-state index contributed by atoms with van der Waals surface area (Å²) in [5, 5.41) is 8.03. The van der Waals surface area contributed by atoms with Crippen LogP contribution in [-0.4, -0.2) is 35.9 Å². The molecule has 0 fully saturated rings. The first-order chi connectivity index (χ1) is 9.41. The normalized spacial score (nSPS) is 10.7. The van der Waals surface area contributed by atoms with Gasteiger partial charge < -0.3 is 10.3 Å². The molecule has 0 amide bonds. The Balaban J connectivity index is 2.27. The van der Waals surface area contributed by atoms with E-state index in [1.54, 1.807) is 11.6 Å². The standard InChI is InChI=1S/C10H12N6O3S/c1-15-4-12-14-10(15)20-3-5(17)6-7(11)16(2)9(19)13-8(6)18/h4H,3,11H2,1-2H3,(H,13,18,19). The Morgan fingerprint density at radius 1 is 1.45 bits per heavy atom. The molecule has 106 valence electrons. The number of thioether (sulfide) groups is 1. The van der Waals surface area contributed by atoms with Crippen LogP contribution in [0.4, 0.5) is 5.82 Å². The third-order valence-electron chi connectivity index (χ3n) is 2.65. The molecule has 2 aromatic heterocycles. The van der Waals surface area contributed by atoms with E-state index >= 15 is 0 Å². The summed E-state index contributed by atoms with van der Waals surface area (Å²) >= 11 is 1.13. The van der Waals surface area contributed by atoms with Gasteiger partial charge in [0.25, 0.3) is 5.56 Å². The smallest absolute Gasteiger partial charge is 0.329 e. The van der Waals surface area contributed by atoms with Gasteiger partial charge in [0, 0.05) is 14.1 Å². The molecule has 0 bridgehead atoms. The highest BCUT2D eigenvalue weighted by atomic mass is 32.2. The van der Waals surface area contributed by atoms with Crippen molar-refractivity contribution in [1.29, 1.82) is 0 Å². The highest BCUT2D eigenvalue weighted by Gasteiger charge is 2.18. The molecule has 2 rings (SSSR count). The highest BCUT2D eigenvalue weighted by molar-refractivity contribution is 7.99. The Kier molecular flexibility index (Phi) is 3.74. The van der Waals surface area contributed by atoms with Gasteiger partial charge in [0.2, 0.25) is 0 Å². The molecule has 0 radical (unpaired) electrons. The zero-order chi connectivity index (χ0) is 14.9. The predicted octanol–water partition coefficient (Wildman–Crippen LogP) is -1.24. The minimum atomic E-state index is -0.783. The number of carbonyl (C=O) groups is 1. The van der Waals surface area contributed by atoms with Crippen molar-refractivity contribution in [1.82, 2.24) is 24.3 Å². The molecule has 0 aromatic carbocycles. The van der Waals surface area contributed by atoms with Crippen molar-refractivity contribution in [3.63, 3.8) is 0 Å². The van der Waals surface area contributed by atoms with Crippen LogP contribution >= 0.6 is 11.8 Å². The van der Waals surface area contributed by atoms with Crippen LogP contribution in [0.15, 0.2) is 21.1 Å². The zero-order valence-electron chi connectivity index (χ0n) is 10.8. The molecule has 0 saturated carbocycles. The number of Topliss-reactive ketones (excluding diaryl/α,β-unsaturated/α-hetero) is 1. The topological polar surface area (TPSA) is 129 Å². The lowest BCUT2D eigenvalue weighted by molar-refractivity contribution is 0.102. The van der Waals surface area contributed by atoms with Gasteiger partial charge in [-0.1, -0.05) is 11.8 Å². The number of aromatic amines is 1. The summed E-state index contributed by atoms with van der Waals surface area (Å²) in [4.78, 5) is 37.1. The third kappa shape index (κ3) is 2.50. The molecular formula is C10H12N6O3S. The number of rotatable bonds is 4. The van der Waals surface area contributed by atoms with Crippen LogP contribution in [0.25, 0.3) is 0 Å². The number of nitrogens with one attached hydrogen (secondary N) is 1. The summed E-state index contributed by atoms with van der Waals surface area (Å²) in [6, 6.07) is 0. The Morgan fingerprint density at radius 3 is 2.75 bits per heavy atom. The maximum Gasteiger partial charge on any atom is 0.329 e. The van der Waals surface area contributed by atoms with Crippen LogP contribution in [0.5, 0.6) is 0 Å². The van der Waals surface area contributed by atoms with E-state index in [9.17, 15) is 14.4 Å². The minimum absolute atomic E-state index is 0.0297. The lowest BCUT2D eigenvalue weighted by Gasteiger charge is -2.07. The van der Waals surface area contributed by atoms with Crippen LogP contribution in [0.3, 0.4) is 0 Å². The Morgan fingerprint density at radius 2 is 2.15 bits per heavy atom. The molecule has 10 heteroatoms. The van der Waals surface area contributed by atoms with Crippen molar-refractivity contribution < 1.29 is 4.79 Å². The highest BCUT2D eigenvalue weighted by Crippen LogP contribution is 2.15. The van der Waals surface area contributed by atoms with E-state index in [1.807, 2.05) is 4.98 Å². The maximum atomic E-state index is 12.1. The average Bonchev–Trinajstić information content (AvgIpc) is 2.79. The Hall–Kier alpha value is -2.36. The number of aromatic nitrogens is 5. The van der Waals surface area contributed by atoms with Crippen molar-refractivity contribution in [2.45, 2.75) is 5.16 Å². The van der Waals surface area contributed by atoms with E-state index in [0.29, 0.717) is 5.16 Å². The summed E-state index contributed by atoms with van der Waals surface area (Å²) in [7, 11) is 3.11. The molecule has 2 aromatic rings. The summed E-state index contributed by atoms with van der Waals surface area (Å²) in [5.41, 5.74) is 3.98. The lowest BCUT2D eigenvalue weighted by atomic mass is 10.2. The molecule has 0 spiro atoms. The van der Waals surface area contributed by atoms with Gasteiger partial charge in [-0.3, -0.25) is 19.1 Å². The number of nitrogens with zero attached hydrogens (tertiary/aromatic N) is 4. The fraction of sp³-hybridized carbons (Fsp3) is 0.300. The van der Waals surface area contributed by atoms with Gasteiger partial charge in [-0.2, -0.15) is 0 Å². The van der Waals surface area contributed by atoms with Crippen LogP contribution in [-0.2, 0) is 14.1 Å². The number of H-pyrrole nitrogens is 1. The first-order valence-corrected chi connectivity index (χ1v) is 6.49. The number of hydrogen-bond acceptors (Lipinski definition) is 7. The van der Waals surface area contributed by atoms with Crippen LogP contribution < -0.4 is 17.0 Å². The van der Waals surface area contributed by atoms with E-state index in [0.717, 1.165) is 16.3 Å². The van der Waals surface area contributed by atoms with E-state index < -0.39 is 17.0 Å². The molecule has 2 heterocycles. The summed E-state index contributed by atoms with van der Waals surface area (Å²) in [5.74, 6) is -0.660. The van der Waals surface area contributed by atoms with Gasteiger partial charge in [0.1, 0.15) is 17.7 Å². The van der Waals surface area contributed by atoms with Crippen LogP contribution in [0.2, 0.25) is 0 Å². The molecule has 0 unspecified atom stereocenters. The fourth-order valence-electron chi connectivity index (χ4n) is 1.51. The average molecular weight is 296 g/mol. The van der Waals surface area contributed by atoms with Crippen molar-refractivity contribution in [2.24, 2.45) is 14.1 Å². The number of nitrogens with two attached hydrogens (primary N) is 1. The van der Waals surface area contributed by atoms with E-state index in [4.69, 9.17) is 5.73 Å². The lowest BCUT2D eigenvalue weighted by Crippen LogP contribution is -2.35. The molecule has 3 N–H and O–H groups in total. The molecule has 20 heavy (non-hydrogen) atoms. The van der Waals surface area contributed by atoms with E-state index in [1.165, 1.54) is 13.4 Å². The summed E-state index contributed by atoms with van der Waals surface area (Å²) < 4.78 is 2.66. The second-order valence-corrected chi connectivity index (χ2v) is 4.96. The van der Waals surface area contributed by atoms with E-state index in [-0.39, 0.29) is 17.1 Å². The number of carbonyl (C=O) groups excluding carboxylic acids is 1. The van der Waals surface area contributed by atoms with Gasteiger partial charge in [0.15, 0.2) is 10.9 Å². The third-order valence-corrected chi connectivity index (χ3v) is 3.69. The molecule has 0 aliphatic rings. The van der Waals surface area contributed by atoms with Gasteiger partial charge in [-0.15, -0.1) is 10.2 Å². The van der Waals surface area contributed by atoms with Crippen LogP contribution in [0, 0.1) is 0 Å². The second kappa shape index (κ2) is 5.33. The van der Waals surface area contributed by atoms with Gasteiger partial charge in [0.05, 0.1) is 5.75 Å². The summed E-state index contributed by atoms with van der Waals surface area (Å²) in [6.45, 7) is 0. The number of aryl methyl sites for hydroxylation is 1. The van der Waals surface area contributed by atoms with E-state index in [2.05, 4.69) is 10.2 Å². The summed E-state index contributed by atoms with van der Waals surface area (Å²) in [6.07, 6.45) is 1.50. The number of anilines is 1. The van der Waals surface area contributed by atoms with Crippen molar-refractivity contribution >= 4 is 23.4 Å². The Bertz CT molecular complexity index is 774. The molecular weight excluding hydrogens is 284 g/mol. The first kappa shape index (κ1) is 14.1. The van der Waals surface area contributed by atoms with Crippen molar-refractivity contribution in [2.75, 3.05) is 11.5 Å². The quantitative estimate of drug-likeness (QED) is 0.533. The van der Waals surface area contributed by atoms with Gasteiger partial charge in [-0.05, 0) is 0 Å². The van der Waals surface area contributed by atoms with Gasteiger partial charge in [-0.25, -0.2) is 4.79 Å². The zero-order valence-corrected chi connectivity index (χ0v) is 11.6. The van der Waals surface area contributed by atoms with Gasteiger partial charge >= 0.3 is 5.69 Å². The SMILES string of the molecule is Cn1cnnc1SCC(=O)c1c(N)n(C)c(=O)[nH]c1=O. The number of hydrogen-bond donors (Lipinski definition) is 2. The van der Waals surface area contributed by atoms with Crippen LogP contribution in [0.1, 0.15) is 10.4 Å². The first-order valence-electron chi connectivity index (χ1n) is 5.50. The maximum absolute atomic E-state index is 12.1. The monoisotopic (exact) mass is 296 g/mol. The number of nitrogen functional groups attached to an aromatic ring is 1. The molecule has 0 aliphatic heterocycles. The Labute approximate surface area is 116 Å². The van der Waals surface area contributed by atoms with Crippen molar-refractivity contribution in [3.8, 4) is 0 Å². The minimum Gasteiger partial charge on any atom is -0.384 e.